The molecule has 0 spiro atoms. The Bertz CT molecular complexity index is 758. The number of ether oxygens (including phenoxy) is 2. The minimum Gasteiger partial charge on any atom is -0.463 e. The summed E-state index contributed by atoms with van der Waals surface area (Å²) in [5.41, 5.74) is 0.199. The number of hydrogen-bond donors (Lipinski definition) is 0. The largest absolute Gasteiger partial charge is 0.463 e. The summed E-state index contributed by atoms with van der Waals surface area (Å²) in [4.78, 5) is 23.6. The van der Waals surface area contributed by atoms with E-state index in [0.717, 1.165) is 19.3 Å². The molecule has 0 N–H and O–H groups in total. The lowest BCUT2D eigenvalue weighted by atomic mass is 10.1. The lowest BCUT2D eigenvalue weighted by Gasteiger charge is -2.32. The van der Waals surface area contributed by atoms with Crippen LogP contribution in [-0.2, 0) is 24.3 Å². The molecule has 8 heteroatoms. The zero-order valence-corrected chi connectivity index (χ0v) is 14.8. The van der Waals surface area contributed by atoms with Crippen LogP contribution in [0.5, 0.6) is 0 Å². The van der Waals surface area contributed by atoms with Gasteiger partial charge in [0.25, 0.3) is 0 Å². The Morgan fingerprint density at radius 3 is 2.52 bits per heavy atom. The van der Waals surface area contributed by atoms with E-state index < -0.39 is 28.1 Å². The molecule has 0 unspecified atom stereocenters. The van der Waals surface area contributed by atoms with Crippen molar-refractivity contribution in [2.75, 3.05) is 13.2 Å². The smallest absolute Gasteiger partial charge is 0.347 e. The molecule has 2 atom stereocenters. The second kappa shape index (κ2) is 7.13. The molecular formula is C17H21NO6S. The first kappa shape index (κ1) is 17.9. The van der Waals surface area contributed by atoms with Gasteiger partial charge in [0.2, 0.25) is 16.1 Å². The highest BCUT2D eigenvalue weighted by molar-refractivity contribution is 7.89. The molecule has 7 nitrogen and oxygen atoms in total. The van der Waals surface area contributed by atoms with Gasteiger partial charge in [-0.15, -0.1) is 0 Å². The molecule has 0 aromatic heterocycles. The van der Waals surface area contributed by atoms with Gasteiger partial charge in [-0.2, -0.15) is 4.31 Å². The second-order valence-corrected chi connectivity index (χ2v) is 8.23. The summed E-state index contributed by atoms with van der Waals surface area (Å²) in [5.74, 6) is -1.22. The maximum absolute atomic E-state index is 12.7. The van der Waals surface area contributed by atoms with Gasteiger partial charge in [-0.25, -0.2) is 18.0 Å². The molecule has 2 heterocycles. The van der Waals surface area contributed by atoms with E-state index in [-0.39, 0.29) is 23.1 Å². The van der Waals surface area contributed by atoms with Crippen molar-refractivity contribution < 1.29 is 27.5 Å². The van der Waals surface area contributed by atoms with Gasteiger partial charge in [-0.3, -0.25) is 0 Å². The van der Waals surface area contributed by atoms with Crippen LogP contribution >= 0.6 is 0 Å². The van der Waals surface area contributed by atoms with E-state index in [1.54, 1.807) is 0 Å². The number of cyclic esters (lactones) is 1. The van der Waals surface area contributed by atoms with Crippen molar-refractivity contribution in [1.29, 1.82) is 0 Å². The third-order valence-corrected chi connectivity index (χ3v) is 6.60. The number of carbonyl (C=O) groups is 2. The van der Waals surface area contributed by atoms with E-state index in [1.807, 2.05) is 6.92 Å². The molecule has 2 aliphatic rings. The number of esters is 2. The summed E-state index contributed by atoms with van der Waals surface area (Å²) in [6, 6.07) is 5.59. The average molecular weight is 367 g/mol. The van der Waals surface area contributed by atoms with Gasteiger partial charge in [0.05, 0.1) is 17.1 Å². The Hall–Kier alpha value is -1.93. The maximum atomic E-state index is 12.7. The van der Waals surface area contributed by atoms with Gasteiger partial charge in [-0.1, -0.05) is 6.42 Å². The van der Waals surface area contributed by atoms with Gasteiger partial charge in [0.1, 0.15) is 0 Å². The molecule has 2 saturated heterocycles. The summed E-state index contributed by atoms with van der Waals surface area (Å²) >= 11 is 0. The SMILES string of the molecule is C[C@H]1CCCCN1S(=O)(=O)c1ccc(C(=O)O[C@@H]2CCOC2=O)cc1. The van der Waals surface area contributed by atoms with E-state index in [4.69, 9.17) is 9.47 Å². The number of rotatable bonds is 4. The predicted octanol–water partition coefficient (Wildman–Crippen LogP) is 1.72. The molecule has 0 radical (unpaired) electrons. The molecule has 0 bridgehead atoms. The van der Waals surface area contributed by atoms with Crippen LogP contribution in [0.25, 0.3) is 0 Å². The number of hydrogen-bond acceptors (Lipinski definition) is 6. The van der Waals surface area contributed by atoms with Crippen molar-refractivity contribution in [2.45, 2.75) is 49.6 Å². The second-order valence-electron chi connectivity index (χ2n) is 6.34. The molecular weight excluding hydrogens is 346 g/mol. The van der Waals surface area contributed by atoms with E-state index >= 15 is 0 Å². The molecule has 2 fully saturated rings. The minimum absolute atomic E-state index is 0.0308. The third kappa shape index (κ3) is 3.69. The molecule has 136 valence electrons. The molecule has 0 amide bonds. The summed E-state index contributed by atoms with van der Waals surface area (Å²) in [5, 5.41) is 0. The highest BCUT2D eigenvalue weighted by atomic mass is 32.2. The first-order valence-corrected chi connectivity index (χ1v) is 9.83. The Labute approximate surface area is 147 Å². The summed E-state index contributed by atoms with van der Waals surface area (Å²) in [6.07, 6.45) is 2.18. The monoisotopic (exact) mass is 367 g/mol. The fraction of sp³-hybridized carbons (Fsp3) is 0.529. The zero-order chi connectivity index (χ0) is 18.0. The number of benzene rings is 1. The number of sulfonamides is 1. The highest BCUT2D eigenvalue weighted by Crippen LogP contribution is 2.25. The molecule has 0 aliphatic carbocycles. The van der Waals surface area contributed by atoms with E-state index in [9.17, 15) is 18.0 Å². The molecule has 1 aromatic carbocycles. The van der Waals surface area contributed by atoms with Crippen molar-refractivity contribution in [3.63, 3.8) is 0 Å². The van der Waals surface area contributed by atoms with Crippen molar-refractivity contribution in [1.82, 2.24) is 4.31 Å². The molecule has 25 heavy (non-hydrogen) atoms. The Morgan fingerprint density at radius 2 is 1.92 bits per heavy atom. The number of piperidine rings is 1. The Balaban J connectivity index is 1.73. The van der Waals surface area contributed by atoms with Crippen LogP contribution in [-0.4, -0.2) is 50.0 Å². The van der Waals surface area contributed by atoms with Crippen molar-refractivity contribution in [3.8, 4) is 0 Å². The van der Waals surface area contributed by atoms with Crippen LogP contribution in [0.15, 0.2) is 29.2 Å². The first-order chi connectivity index (χ1) is 11.9. The average Bonchev–Trinajstić information content (AvgIpc) is 3.00. The fourth-order valence-electron chi connectivity index (χ4n) is 3.11. The topological polar surface area (TPSA) is 90.0 Å². The lowest BCUT2D eigenvalue weighted by molar-refractivity contribution is -0.145. The van der Waals surface area contributed by atoms with Crippen molar-refractivity contribution >= 4 is 22.0 Å². The Kier molecular flexibility index (Phi) is 5.10. The molecule has 1 aromatic rings. The summed E-state index contributed by atoms with van der Waals surface area (Å²) in [6.45, 7) is 2.65. The highest BCUT2D eigenvalue weighted by Gasteiger charge is 2.32. The van der Waals surface area contributed by atoms with Crippen LogP contribution in [0.1, 0.15) is 43.0 Å². The number of carbonyl (C=O) groups excluding carboxylic acids is 2. The van der Waals surface area contributed by atoms with Crippen LogP contribution in [0.4, 0.5) is 0 Å². The first-order valence-electron chi connectivity index (χ1n) is 8.39. The number of nitrogens with zero attached hydrogens (tertiary/aromatic N) is 1. The van der Waals surface area contributed by atoms with Crippen molar-refractivity contribution in [3.05, 3.63) is 29.8 Å². The van der Waals surface area contributed by atoms with Gasteiger partial charge in [0, 0.05) is 19.0 Å². The predicted molar refractivity (Wildman–Crippen MR) is 88.4 cm³/mol. The van der Waals surface area contributed by atoms with Gasteiger partial charge < -0.3 is 9.47 Å². The third-order valence-electron chi connectivity index (χ3n) is 4.58. The van der Waals surface area contributed by atoms with E-state index in [1.165, 1.54) is 28.6 Å². The summed E-state index contributed by atoms with van der Waals surface area (Å²) < 4.78 is 36.8. The van der Waals surface area contributed by atoms with Crippen LogP contribution in [0, 0.1) is 0 Å². The van der Waals surface area contributed by atoms with Crippen LogP contribution in [0.2, 0.25) is 0 Å². The van der Waals surface area contributed by atoms with Gasteiger partial charge >= 0.3 is 11.9 Å². The van der Waals surface area contributed by atoms with Gasteiger partial charge in [-0.05, 0) is 44.0 Å². The molecule has 3 rings (SSSR count). The van der Waals surface area contributed by atoms with E-state index in [0.29, 0.717) is 13.0 Å². The zero-order valence-electron chi connectivity index (χ0n) is 14.0. The molecule has 0 saturated carbocycles. The minimum atomic E-state index is -3.58. The normalized spacial score (nSPS) is 24.8. The Morgan fingerprint density at radius 1 is 1.20 bits per heavy atom. The molecule has 2 aliphatic heterocycles. The van der Waals surface area contributed by atoms with Crippen LogP contribution in [0.3, 0.4) is 0 Å². The van der Waals surface area contributed by atoms with E-state index in [2.05, 4.69) is 0 Å². The standard InChI is InChI=1S/C17H21NO6S/c1-12-4-2-3-10-18(12)25(21,22)14-7-5-13(6-8-14)16(19)24-15-9-11-23-17(15)20/h5-8,12,15H,2-4,9-11H2,1H3/t12-,15+/m0/s1. The maximum Gasteiger partial charge on any atom is 0.347 e. The quantitative estimate of drug-likeness (QED) is 0.753. The fourth-order valence-corrected chi connectivity index (χ4v) is 4.81. The summed E-state index contributed by atoms with van der Waals surface area (Å²) in [7, 11) is -3.58. The van der Waals surface area contributed by atoms with Crippen molar-refractivity contribution in [2.24, 2.45) is 0 Å². The van der Waals surface area contributed by atoms with Crippen LogP contribution < -0.4 is 0 Å². The lowest BCUT2D eigenvalue weighted by Crippen LogP contribution is -2.41. The van der Waals surface area contributed by atoms with Gasteiger partial charge in [0.15, 0.2) is 0 Å².